The maximum atomic E-state index is 12.2. The van der Waals surface area contributed by atoms with Gasteiger partial charge in [-0.25, -0.2) is 0 Å². The zero-order chi connectivity index (χ0) is 14.3. The van der Waals surface area contributed by atoms with E-state index in [0.29, 0.717) is 0 Å². The van der Waals surface area contributed by atoms with Crippen LogP contribution in [0.2, 0.25) is 0 Å². The van der Waals surface area contributed by atoms with Gasteiger partial charge in [-0.2, -0.15) is 0 Å². The van der Waals surface area contributed by atoms with Crippen LogP contribution in [0.4, 0.5) is 0 Å². The Bertz CT molecular complexity index is 654. The number of rotatable bonds is 2. The van der Waals surface area contributed by atoms with E-state index in [-0.39, 0.29) is 17.9 Å². The Morgan fingerprint density at radius 3 is 2.95 bits per heavy atom. The molecule has 1 aliphatic rings. The van der Waals surface area contributed by atoms with Gasteiger partial charge in [0.15, 0.2) is 0 Å². The van der Waals surface area contributed by atoms with Crippen molar-refractivity contribution in [2.75, 3.05) is 0 Å². The Balaban J connectivity index is 1.92. The molecule has 0 aliphatic heterocycles. The van der Waals surface area contributed by atoms with Crippen LogP contribution in [0.5, 0.6) is 0 Å². The Morgan fingerprint density at radius 1 is 1.40 bits per heavy atom. The Kier molecular flexibility index (Phi) is 3.28. The SMILES string of the molecule is Cc1ccc2[nH]c3c(c2c1)CC(C(=O)NC(C)C)CC3. The van der Waals surface area contributed by atoms with Crippen molar-refractivity contribution in [2.45, 2.75) is 46.1 Å². The normalized spacial score (nSPS) is 18.3. The summed E-state index contributed by atoms with van der Waals surface area (Å²) in [6.45, 7) is 6.15. The summed E-state index contributed by atoms with van der Waals surface area (Å²) in [7, 11) is 0. The Labute approximate surface area is 119 Å². The van der Waals surface area contributed by atoms with Crippen LogP contribution in [0, 0.1) is 12.8 Å². The molecule has 1 amide bonds. The highest BCUT2D eigenvalue weighted by atomic mass is 16.1. The monoisotopic (exact) mass is 270 g/mol. The first-order chi connectivity index (χ1) is 9.54. The average molecular weight is 270 g/mol. The van der Waals surface area contributed by atoms with Gasteiger partial charge in [-0.15, -0.1) is 0 Å². The predicted octanol–water partition coefficient (Wildman–Crippen LogP) is 3.11. The van der Waals surface area contributed by atoms with Crippen LogP contribution in [0.15, 0.2) is 18.2 Å². The first kappa shape index (κ1) is 13.2. The molecular weight excluding hydrogens is 248 g/mol. The summed E-state index contributed by atoms with van der Waals surface area (Å²) < 4.78 is 0. The highest BCUT2D eigenvalue weighted by Gasteiger charge is 2.27. The minimum atomic E-state index is 0.115. The first-order valence-corrected chi connectivity index (χ1v) is 7.45. The highest BCUT2D eigenvalue weighted by molar-refractivity contribution is 5.87. The fourth-order valence-electron chi connectivity index (χ4n) is 3.16. The quantitative estimate of drug-likeness (QED) is 0.865. The third-order valence-electron chi connectivity index (χ3n) is 4.15. The van der Waals surface area contributed by atoms with Crippen LogP contribution in [0.25, 0.3) is 10.9 Å². The van der Waals surface area contributed by atoms with Gasteiger partial charge in [0, 0.05) is 28.6 Å². The number of carbonyl (C=O) groups excluding carboxylic acids is 1. The van der Waals surface area contributed by atoms with Gasteiger partial charge >= 0.3 is 0 Å². The second kappa shape index (κ2) is 4.97. The van der Waals surface area contributed by atoms with Crippen molar-refractivity contribution in [3.63, 3.8) is 0 Å². The lowest BCUT2D eigenvalue weighted by Gasteiger charge is -2.23. The minimum Gasteiger partial charge on any atom is -0.358 e. The van der Waals surface area contributed by atoms with E-state index < -0.39 is 0 Å². The van der Waals surface area contributed by atoms with E-state index in [2.05, 4.69) is 35.4 Å². The van der Waals surface area contributed by atoms with E-state index in [1.165, 1.54) is 27.7 Å². The number of amides is 1. The zero-order valence-corrected chi connectivity index (χ0v) is 12.4. The van der Waals surface area contributed by atoms with Gasteiger partial charge in [0.2, 0.25) is 5.91 Å². The molecule has 0 radical (unpaired) electrons. The minimum absolute atomic E-state index is 0.115. The van der Waals surface area contributed by atoms with Gasteiger partial charge in [0.1, 0.15) is 0 Å². The lowest BCUT2D eigenvalue weighted by molar-refractivity contribution is -0.125. The Hall–Kier alpha value is -1.77. The molecule has 3 rings (SSSR count). The molecule has 0 bridgehead atoms. The molecule has 0 fully saturated rings. The van der Waals surface area contributed by atoms with E-state index in [1.807, 2.05) is 13.8 Å². The second-order valence-corrected chi connectivity index (χ2v) is 6.23. The topological polar surface area (TPSA) is 44.9 Å². The Morgan fingerprint density at radius 2 is 2.20 bits per heavy atom. The van der Waals surface area contributed by atoms with Crippen LogP contribution in [0.3, 0.4) is 0 Å². The van der Waals surface area contributed by atoms with Crippen LogP contribution in [-0.4, -0.2) is 16.9 Å². The number of aromatic amines is 1. The molecule has 0 saturated carbocycles. The molecule has 2 N–H and O–H groups in total. The van der Waals surface area contributed by atoms with Crippen LogP contribution in [0.1, 0.15) is 37.1 Å². The van der Waals surface area contributed by atoms with Crippen LogP contribution < -0.4 is 5.32 Å². The van der Waals surface area contributed by atoms with Crippen molar-refractivity contribution >= 4 is 16.8 Å². The van der Waals surface area contributed by atoms with Gasteiger partial charge in [-0.3, -0.25) is 4.79 Å². The molecule has 2 aromatic rings. The third-order valence-corrected chi connectivity index (χ3v) is 4.15. The van der Waals surface area contributed by atoms with E-state index >= 15 is 0 Å². The van der Waals surface area contributed by atoms with Gasteiger partial charge in [0.05, 0.1) is 0 Å². The zero-order valence-electron chi connectivity index (χ0n) is 12.4. The largest absolute Gasteiger partial charge is 0.358 e. The highest BCUT2D eigenvalue weighted by Crippen LogP contribution is 2.32. The van der Waals surface area contributed by atoms with Crippen molar-refractivity contribution in [1.29, 1.82) is 0 Å². The molecule has 1 unspecified atom stereocenters. The summed E-state index contributed by atoms with van der Waals surface area (Å²) in [6, 6.07) is 6.72. The molecule has 20 heavy (non-hydrogen) atoms. The average Bonchev–Trinajstić information content (AvgIpc) is 2.75. The van der Waals surface area contributed by atoms with Crippen molar-refractivity contribution in [2.24, 2.45) is 5.92 Å². The fourth-order valence-corrected chi connectivity index (χ4v) is 3.16. The summed E-state index contributed by atoms with van der Waals surface area (Å²) in [5, 5.41) is 4.34. The smallest absolute Gasteiger partial charge is 0.223 e. The number of carbonyl (C=O) groups is 1. The maximum absolute atomic E-state index is 12.2. The molecule has 1 aromatic carbocycles. The molecule has 1 atom stereocenters. The predicted molar refractivity (Wildman–Crippen MR) is 81.8 cm³/mol. The second-order valence-electron chi connectivity index (χ2n) is 6.23. The molecule has 1 aromatic heterocycles. The number of aromatic nitrogens is 1. The van der Waals surface area contributed by atoms with E-state index in [9.17, 15) is 4.79 Å². The number of H-pyrrole nitrogens is 1. The van der Waals surface area contributed by atoms with Crippen molar-refractivity contribution in [1.82, 2.24) is 10.3 Å². The number of hydrogen-bond donors (Lipinski definition) is 2. The molecule has 3 nitrogen and oxygen atoms in total. The standard InChI is InChI=1S/C17H22N2O/c1-10(2)18-17(20)12-5-7-16-14(9-12)13-8-11(3)4-6-15(13)19-16/h4,6,8,10,12,19H,5,7,9H2,1-3H3,(H,18,20). The number of fused-ring (bicyclic) bond motifs is 3. The first-order valence-electron chi connectivity index (χ1n) is 7.45. The van der Waals surface area contributed by atoms with Gasteiger partial charge < -0.3 is 10.3 Å². The van der Waals surface area contributed by atoms with E-state index in [1.54, 1.807) is 0 Å². The van der Waals surface area contributed by atoms with Crippen molar-refractivity contribution in [3.8, 4) is 0 Å². The van der Waals surface area contributed by atoms with Crippen LogP contribution >= 0.6 is 0 Å². The number of hydrogen-bond acceptors (Lipinski definition) is 1. The lowest BCUT2D eigenvalue weighted by atomic mass is 9.85. The summed E-state index contributed by atoms with van der Waals surface area (Å²) in [5.41, 5.74) is 5.14. The third kappa shape index (κ3) is 2.33. The summed E-state index contributed by atoms with van der Waals surface area (Å²) >= 11 is 0. The number of aryl methyl sites for hydroxylation is 2. The summed E-state index contributed by atoms with van der Waals surface area (Å²) in [5.74, 6) is 0.317. The van der Waals surface area contributed by atoms with Crippen molar-refractivity contribution in [3.05, 3.63) is 35.0 Å². The molecule has 0 saturated heterocycles. The number of nitrogens with one attached hydrogen (secondary N) is 2. The lowest BCUT2D eigenvalue weighted by Crippen LogP contribution is -2.37. The van der Waals surface area contributed by atoms with Gasteiger partial charge in [-0.1, -0.05) is 11.6 Å². The summed E-state index contributed by atoms with van der Waals surface area (Å²) in [4.78, 5) is 15.7. The summed E-state index contributed by atoms with van der Waals surface area (Å²) in [6.07, 6.45) is 2.77. The van der Waals surface area contributed by atoms with Crippen molar-refractivity contribution < 1.29 is 4.79 Å². The molecule has 1 aliphatic carbocycles. The molecular formula is C17H22N2O. The molecule has 3 heteroatoms. The van der Waals surface area contributed by atoms with Gasteiger partial charge in [-0.05, 0) is 57.7 Å². The van der Waals surface area contributed by atoms with Crippen LogP contribution in [-0.2, 0) is 17.6 Å². The van der Waals surface area contributed by atoms with Gasteiger partial charge in [0.25, 0.3) is 0 Å². The maximum Gasteiger partial charge on any atom is 0.223 e. The molecule has 0 spiro atoms. The molecule has 1 heterocycles. The fraction of sp³-hybridized carbons (Fsp3) is 0.471. The van der Waals surface area contributed by atoms with E-state index in [4.69, 9.17) is 0 Å². The molecule has 106 valence electrons. The van der Waals surface area contributed by atoms with E-state index in [0.717, 1.165) is 19.3 Å². The number of benzene rings is 1.